The van der Waals surface area contributed by atoms with Crippen LogP contribution < -0.4 is 21.3 Å². The smallest absolute Gasteiger partial charge is 0.383 e. The number of carbonyl (C=O) groups excluding carboxylic acids is 2. The van der Waals surface area contributed by atoms with Crippen molar-refractivity contribution in [3.05, 3.63) is 105 Å². The molecule has 2 aliphatic rings. The van der Waals surface area contributed by atoms with Gasteiger partial charge in [0.1, 0.15) is 29.2 Å². The van der Waals surface area contributed by atoms with Crippen molar-refractivity contribution in [3.8, 4) is 17.2 Å². The van der Waals surface area contributed by atoms with Crippen LogP contribution in [0.2, 0.25) is 5.02 Å². The number of carbonyl (C=O) groups is 2. The lowest BCUT2D eigenvalue weighted by atomic mass is 9.87. The molecular formula is C30H18ClF5N6O2. The summed E-state index contributed by atoms with van der Waals surface area (Å²) in [6.07, 6.45) is -4.59. The fourth-order valence-corrected chi connectivity index (χ4v) is 5.78. The van der Waals surface area contributed by atoms with Gasteiger partial charge in [-0.15, -0.1) is 0 Å². The zero-order valence-electron chi connectivity index (χ0n) is 22.2. The van der Waals surface area contributed by atoms with E-state index in [4.69, 9.17) is 17.3 Å². The highest BCUT2D eigenvalue weighted by Gasteiger charge is 2.41. The van der Waals surface area contributed by atoms with E-state index in [1.165, 1.54) is 23.1 Å². The second-order valence-electron chi connectivity index (χ2n) is 10.1. The first-order valence-electron chi connectivity index (χ1n) is 12.9. The molecule has 1 atom stereocenters. The first-order valence-corrected chi connectivity index (χ1v) is 13.3. The first-order chi connectivity index (χ1) is 20.8. The normalized spacial score (nSPS) is 15.4. The van der Waals surface area contributed by atoms with Crippen LogP contribution in [0, 0.1) is 23.0 Å². The number of hydrogen-bond donors (Lipinski definition) is 3. The first kappa shape index (κ1) is 28.9. The van der Waals surface area contributed by atoms with E-state index in [9.17, 15) is 36.8 Å². The molecule has 3 aromatic carbocycles. The second-order valence-corrected chi connectivity index (χ2v) is 10.5. The van der Waals surface area contributed by atoms with Crippen LogP contribution in [-0.2, 0) is 12.6 Å². The van der Waals surface area contributed by atoms with Crippen molar-refractivity contribution in [1.29, 1.82) is 5.26 Å². The van der Waals surface area contributed by atoms with Crippen LogP contribution in [0.5, 0.6) is 0 Å². The fraction of sp³-hybridized carbons (Fsp3) is 0.133. The number of halogens is 6. The number of alkyl halides is 3. The van der Waals surface area contributed by atoms with Crippen molar-refractivity contribution in [2.24, 2.45) is 0 Å². The van der Waals surface area contributed by atoms with Gasteiger partial charge >= 0.3 is 12.2 Å². The molecule has 0 saturated carbocycles. The predicted octanol–water partition coefficient (Wildman–Crippen LogP) is 6.58. The molecule has 0 saturated heterocycles. The zero-order chi connectivity index (χ0) is 31.5. The molecule has 4 N–H and O–H groups in total. The van der Waals surface area contributed by atoms with Gasteiger partial charge < -0.3 is 16.4 Å². The van der Waals surface area contributed by atoms with Gasteiger partial charge in [-0.05, 0) is 72.1 Å². The molecule has 0 radical (unpaired) electrons. The maximum atomic E-state index is 14.4. The van der Waals surface area contributed by atoms with E-state index in [1.54, 1.807) is 6.07 Å². The van der Waals surface area contributed by atoms with E-state index in [2.05, 4.69) is 15.6 Å². The van der Waals surface area contributed by atoms with Crippen molar-refractivity contribution in [2.45, 2.75) is 18.6 Å². The summed E-state index contributed by atoms with van der Waals surface area (Å²) in [4.78, 5) is 32.2. The summed E-state index contributed by atoms with van der Waals surface area (Å²) in [6, 6.07) is 9.68. The average Bonchev–Trinajstić information content (AvgIpc) is 3.42. The Labute approximate surface area is 250 Å². The summed E-state index contributed by atoms with van der Waals surface area (Å²) < 4.78 is 68.9. The van der Waals surface area contributed by atoms with E-state index in [1.807, 2.05) is 6.07 Å². The minimum absolute atomic E-state index is 0.00237. The third-order valence-corrected chi connectivity index (χ3v) is 7.78. The van der Waals surface area contributed by atoms with Crippen LogP contribution in [0.15, 0.2) is 54.6 Å². The largest absolute Gasteiger partial charge is 0.416 e. The maximum Gasteiger partial charge on any atom is 0.416 e. The molecule has 3 amide bonds. The van der Waals surface area contributed by atoms with Crippen molar-refractivity contribution >= 4 is 40.7 Å². The van der Waals surface area contributed by atoms with E-state index in [0.717, 1.165) is 12.1 Å². The summed E-state index contributed by atoms with van der Waals surface area (Å²) in [7, 11) is 0. The number of nitrogens with two attached hydrogens (primary N) is 1. The molecule has 222 valence electrons. The Kier molecular flexibility index (Phi) is 6.89. The molecule has 8 nitrogen and oxygen atoms in total. The van der Waals surface area contributed by atoms with E-state index in [-0.39, 0.29) is 46.0 Å². The molecular weight excluding hydrogens is 607 g/mol. The highest BCUT2D eigenvalue weighted by atomic mass is 35.5. The Hall–Kier alpha value is -5.22. The van der Waals surface area contributed by atoms with Crippen LogP contribution in [0.25, 0.3) is 11.1 Å². The Morgan fingerprint density at radius 3 is 2.57 bits per heavy atom. The molecule has 44 heavy (non-hydrogen) atoms. The number of hydrogen-bond acceptors (Lipinski definition) is 5. The molecule has 0 fully saturated rings. The van der Waals surface area contributed by atoms with Crippen LogP contribution in [0.1, 0.15) is 44.3 Å². The fourth-order valence-electron chi connectivity index (χ4n) is 5.55. The topological polar surface area (TPSA) is 124 Å². The lowest BCUT2D eigenvalue weighted by Crippen LogP contribution is -2.46. The lowest BCUT2D eigenvalue weighted by molar-refractivity contribution is -0.137. The number of nitrogens with one attached hydrogen (secondary N) is 2. The number of nitrogen functional groups attached to an aromatic ring is 1. The predicted molar refractivity (Wildman–Crippen MR) is 151 cm³/mol. The maximum absolute atomic E-state index is 14.4. The molecule has 0 spiro atoms. The molecule has 3 heterocycles. The Bertz CT molecular complexity index is 1940. The Balaban J connectivity index is 1.59. The third kappa shape index (κ3) is 4.92. The van der Waals surface area contributed by atoms with Crippen LogP contribution in [0.3, 0.4) is 0 Å². The summed E-state index contributed by atoms with van der Waals surface area (Å²) in [5.41, 5.74) is 6.43. The standard InChI is InChI=1S/C30H18ClF5N6O2/c31-22-4-1-15(32)10-21(22)25-24-23(40-28(43)13-7-14(30(34,35)36)9-16(33)8-13)11-20(19-3-2-17(12-37)39-27(19)38)18-5-6-42(26(18)24)29(44)41-25/h1-4,7-11,25H,5-6H2,(H2,38,39)(H,40,43)(H,41,44). The quantitative estimate of drug-likeness (QED) is 0.221. The summed E-state index contributed by atoms with van der Waals surface area (Å²) in [5, 5.41) is 14.7. The van der Waals surface area contributed by atoms with Crippen molar-refractivity contribution in [1.82, 2.24) is 10.3 Å². The summed E-state index contributed by atoms with van der Waals surface area (Å²) >= 11 is 6.43. The van der Waals surface area contributed by atoms with E-state index in [0.29, 0.717) is 40.9 Å². The highest BCUT2D eigenvalue weighted by Crippen LogP contribution is 2.50. The lowest BCUT2D eigenvalue weighted by Gasteiger charge is -2.35. The number of urea groups is 1. The molecule has 14 heteroatoms. The highest BCUT2D eigenvalue weighted by molar-refractivity contribution is 6.31. The monoisotopic (exact) mass is 624 g/mol. The van der Waals surface area contributed by atoms with Gasteiger partial charge in [-0.2, -0.15) is 18.4 Å². The minimum atomic E-state index is -4.92. The van der Waals surface area contributed by atoms with Gasteiger partial charge in [-0.25, -0.2) is 18.6 Å². The molecule has 1 unspecified atom stereocenters. The van der Waals surface area contributed by atoms with Gasteiger partial charge in [0.25, 0.3) is 5.91 Å². The number of aromatic nitrogens is 1. The van der Waals surface area contributed by atoms with Crippen molar-refractivity contribution < 1.29 is 31.5 Å². The van der Waals surface area contributed by atoms with Crippen molar-refractivity contribution in [3.63, 3.8) is 0 Å². The second kappa shape index (κ2) is 10.5. The Morgan fingerprint density at radius 2 is 1.86 bits per heavy atom. The van der Waals surface area contributed by atoms with Crippen molar-refractivity contribution in [2.75, 3.05) is 22.5 Å². The van der Waals surface area contributed by atoms with Crippen LogP contribution in [0.4, 0.5) is 43.9 Å². The number of pyridine rings is 1. The van der Waals surface area contributed by atoms with Gasteiger partial charge in [0.2, 0.25) is 0 Å². The molecule has 0 bridgehead atoms. The number of rotatable bonds is 4. The SMILES string of the molecule is N#Cc1ccc(-c2cc(NC(=O)c3cc(F)cc(C(F)(F)F)c3)c3c4c2CCN4C(=O)NC3c2cc(F)ccc2Cl)c(N)n1. The number of nitrogens with zero attached hydrogens (tertiary/aromatic N) is 3. The molecule has 0 aliphatic carbocycles. The van der Waals surface area contributed by atoms with Gasteiger partial charge in [0, 0.05) is 39.5 Å². The minimum Gasteiger partial charge on any atom is -0.383 e. The molecule has 1 aromatic heterocycles. The van der Waals surface area contributed by atoms with E-state index >= 15 is 0 Å². The number of benzene rings is 3. The van der Waals surface area contributed by atoms with Gasteiger partial charge in [0.15, 0.2) is 0 Å². The third-order valence-electron chi connectivity index (χ3n) is 7.44. The molecule has 4 aromatic rings. The van der Waals surface area contributed by atoms with E-state index < -0.39 is 46.9 Å². The zero-order valence-corrected chi connectivity index (χ0v) is 22.9. The van der Waals surface area contributed by atoms with Gasteiger partial charge in [-0.1, -0.05) is 11.6 Å². The number of amides is 3. The van der Waals surface area contributed by atoms with Crippen LogP contribution in [-0.4, -0.2) is 23.5 Å². The summed E-state index contributed by atoms with van der Waals surface area (Å²) in [5.74, 6) is -3.05. The number of anilines is 3. The van der Waals surface area contributed by atoms with Gasteiger partial charge in [-0.3, -0.25) is 9.69 Å². The molecule has 2 aliphatic heterocycles. The molecule has 6 rings (SSSR count). The van der Waals surface area contributed by atoms with Crippen LogP contribution >= 0.6 is 11.6 Å². The summed E-state index contributed by atoms with van der Waals surface area (Å²) in [6.45, 7) is 0.213. The average molecular weight is 625 g/mol. The van der Waals surface area contributed by atoms with Gasteiger partial charge in [0.05, 0.1) is 17.3 Å². The Morgan fingerprint density at radius 1 is 1.09 bits per heavy atom. The number of nitriles is 1.